The van der Waals surface area contributed by atoms with Crippen molar-refractivity contribution in [3.05, 3.63) is 77.4 Å². The molecular weight excluding hydrogens is 434 g/mol. The first-order chi connectivity index (χ1) is 15.1. The van der Waals surface area contributed by atoms with Crippen molar-refractivity contribution < 1.29 is 9.53 Å². The number of hydrogen-bond acceptors (Lipinski definition) is 7. The number of rotatable bonds is 7. The second-order valence-electron chi connectivity index (χ2n) is 6.56. The molecule has 4 aromatic rings. The third kappa shape index (κ3) is 5.56. The molecule has 2 N–H and O–H groups in total. The van der Waals surface area contributed by atoms with Gasteiger partial charge in [0.25, 0.3) is 0 Å². The van der Waals surface area contributed by atoms with E-state index < -0.39 is 0 Å². The number of halogens is 1. The lowest BCUT2D eigenvalue weighted by atomic mass is 10.2. The van der Waals surface area contributed by atoms with Crippen LogP contribution in [0.5, 0.6) is 5.75 Å². The quantitative estimate of drug-likeness (QED) is 0.383. The molecule has 2 aromatic carbocycles. The summed E-state index contributed by atoms with van der Waals surface area (Å²) in [6, 6.07) is 18.7. The van der Waals surface area contributed by atoms with E-state index >= 15 is 0 Å². The number of pyridine rings is 1. The standard InChI is InChI=1S/C22H18ClN5O2S/c1-14(29)25-20-12-15(10-11-24-20)13-30-19-5-3-2-4-18(19)21-27-28-22(31-21)26-17-8-6-16(23)7-9-17/h2-12H,13H2,1H3,(H,26,28)(H,24,25,29). The molecule has 0 unspecified atom stereocenters. The first-order valence-electron chi connectivity index (χ1n) is 9.37. The van der Waals surface area contributed by atoms with Crippen LogP contribution in [0.4, 0.5) is 16.6 Å². The molecule has 0 aliphatic rings. The van der Waals surface area contributed by atoms with E-state index in [9.17, 15) is 4.79 Å². The molecule has 0 aliphatic carbocycles. The largest absolute Gasteiger partial charge is 0.488 e. The Hall–Kier alpha value is -3.49. The highest BCUT2D eigenvalue weighted by Crippen LogP contribution is 2.34. The molecule has 4 rings (SSSR count). The number of ether oxygens (including phenoxy) is 1. The molecule has 0 saturated heterocycles. The van der Waals surface area contributed by atoms with Gasteiger partial charge in [0.2, 0.25) is 11.0 Å². The number of benzene rings is 2. The van der Waals surface area contributed by atoms with Crippen LogP contribution in [-0.2, 0) is 11.4 Å². The minimum atomic E-state index is -0.171. The number of hydrogen-bond donors (Lipinski definition) is 2. The van der Waals surface area contributed by atoms with Gasteiger partial charge < -0.3 is 15.4 Å². The number of nitrogens with one attached hydrogen (secondary N) is 2. The molecule has 0 saturated carbocycles. The molecule has 9 heteroatoms. The highest BCUT2D eigenvalue weighted by atomic mass is 35.5. The van der Waals surface area contributed by atoms with Crippen molar-refractivity contribution in [3.63, 3.8) is 0 Å². The zero-order valence-corrected chi connectivity index (χ0v) is 18.1. The zero-order valence-electron chi connectivity index (χ0n) is 16.5. The molecule has 2 aromatic heterocycles. The van der Waals surface area contributed by atoms with E-state index in [1.165, 1.54) is 18.3 Å². The summed E-state index contributed by atoms with van der Waals surface area (Å²) in [7, 11) is 0. The van der Waals surface area contributed by atoms with Crippen LogP contribution in [0, 0.1) is 0 Å². The van der Waals surface area contributed by atoms with Gasteiger partial charge in [-0.25, -0.2) is 4.98 Å². The lowest BCUT2D eigenvalue weighted by Gasteiger charge is -2.10. The summed E-state index contributed by atoms with van der Waals surface area (Å²) in [6.07, 6.45) is 1.63. The number of amides is 1. The van der Waals surface area contributed by atoms with E-state index in [4.69, 9.17) is 16.3 Å². The molecular formula is C22H18ClN5O2S. The van der Waals surface area contributed by atoms with E-state index in [1.807, 2.05) is 54.6 Å². The first kappa shape index (κ1) is 20.8. The summed E-state index contributed by atoms with van der Waals surface area (Å²) < 4.78 is 6.04. The highest BCUT2D eigenvalue weighted by molar-refractivity contribution is 7.18. The zero-order chi connectivity index (χ0) is 21.6. The summed E-state index contributed by atoms with van der Waals surface area (Å²) in [5.41, 5.74) is 2.61. The van der Waals surface area contributed by atoms with Crippen molar-refractivity contribution >= 4 is 45.5 Å². The van der Waals surface area contributed by atoms with E-state index in [1.54, 1.807) is 12.3 Å². The Balaban J connectivity index is 1.48. The Morgan fingerprint density at radius 3 is 2.71 bits per heavy atom. The van der Waals surface area contributed by atoms with Gasteiger partial charge in [0, 0.05) is 23.8 Å². The van der Waals surface area contributed by atoms with E-state index in [2.05, 4.69) is 25.8 Å². The van der Waals surface area contributed by atoms with Crippen LogP contribution in [0.25, 0.3) is 10.6 Å². The molecule has 0 fully saturated rings. The van der Waals surface area contributed by atoms with Gasteiger partial charge in [0.15, 0.2) is 5.01 Å². The van der Waals surface area contributed by atoms with Gasteiger partial charge in [-0.05, 0) is 54.1 Å². The molecule has 31 heavy (non-hydrogen) atoms. The van der Waals surface area contributed by atoms with Gasteiger partial charge in [-0.2, -0.15) is 0 Å². The minimum Gasteiger partial charge on any atom is -0.488 e. The number of anilines is 3. The normalized spacial score (nSPS) is 10.5. The van der Waals surface area contributed by atoms with Crippen molar-refractivity contribution in [3.8, 4) is 16.3 Å². The van der Waals surface area contributed by atoms with Crippen LogP contribution in [0.3, 0.4) is 0 Å². The molecule has 0 spiro atoms. The van der Waals surface area contributed by atoms with Gasteiger partial charge in [-0.1, -0.05) is 35.1 Å². The predicted molar refractivity (Wildman–Crippen MR) is 123 cm³/mol. The average molecular weight is 452 g/mol. The Kier molecular flexibility index (Phi) is 6.40. The number of nitrogens with zero attached hydrogens (tertiary/aromatic N) is 3. The summed E-state index contributed by atoms with van der Waals surface area (Å²) in [6.45, 7) is 1.76. The van der Waals surface area contributed by atoms with Gasteiger partial charge in [0.1, 0.15) is 18.2 Å². The average Bonchev–Trinajstić information content (AvgIpc) is 3.22. The predicted octanol–water partition coefficient (Wildman–Crippen LogP) is 5.53. The van der Waals surface area contributed by atoms with Gasteiger partial charge in [-0.3, -0.25) is 4.79 Å². The topological polar surface area (TPSA) is 89.0 Å². The Labute approximate surface area is 188 Å². The first-order valence-corrected chi connectivity index (χ1v) is 10.6. The fourth-order valence-electron chi connectivity index (χ4n) is 2.78. The van der Waals surface area contributed by atoms with E-state index in [0.717, 1.165) is 21.8 Å². The monoisotopic (exact) mass is 451 g/mol. The maximum absolute atomic E-state index is 11.2. The smallest absolute Gasteiger partial charge is 0.222 e. The van der Waals surface area contributed by atoms with Gasteiger partial charge in [-0.15, -0.1) is 10.2 Å². The minimum absolute atomic E-state index is 0.171. The van der Waals surface area contributed by atoms with Crippen LogP contribution in [0.15, 0.2) is 66.9 Å². The van der Waals surface area contributed by atoms with Crippen molar-refractivity contribution in [1.29, 1.82) is 0 Å². The number of para-hydroxylation sites is 1. The van der Waals surface area contributed by atoms with Gasteiger partial charge >= 0.3 is 0 Å². The third-order valence-electron chi connectivity index (χ3n) is 4.16. The summed E-state index contributed by atoms with van der Waals surface area (Å²) in [5, 5.41) is 16.5. The molecule has 7 nitrogen and oxygen atoms in total. The van der Waals surface area contributed by atoms with Crippen molar-refractivity contribution in [2.45, 2.75) is 13.5 Å². The molecule has 0 radical (unpaired) electrons. The Morgan fingerprint density at radius 1 is 1.10 bits per heavy atom. The summed E-state index contributed by atoms with van der Waals surface area (Å²) in [5.74, 6) is 1.01. The molecule has 1 amide bonds. The van der Waals surface area contributed by atoms with E-state index in [0.29, 0.717) is 28.3 Å². The maximum atomic E-state index is 11.2. The van der Waals surface area contributed by atoms with Crippen LogP contribution < -0.4 is 15.4 Å². The molecule has 2 heterocycles. The van der Waals surface area contributed by atoms with Crippen LogP contribution in [0.1, 0.15) is 12.5 Å². The van der Waals surface area contributed by atoms with Crippen LogP contribution >= 0.6 is 22.9 Å². The lowest BCUT2D eigenvalue weighted by molar-refractivity contribution is -0.114. The molecule has 0 atom stereocenters. The maximum Gasteiger partial charge on any atom is 0.222 e. The number of carbonyl (C=O) groups is 1. The highest BCUT2D eigenvalue weighted by Gasteiger charge is 2.12. The fourth-order valence-corrected chi connectivity index (χ4v) is 3.70. The Morgan fingerprint density at radius 2 is 1.90 bits per heavy atom. The van der Waals surface area contributed by atoms with Crippen molar-refractivity contribution in [1.82, 2.24) is 15.2 Å². The third-order valence-corrected chi connectivity index (χ3v) is 5.28. The fraction of sp³-hybridized carbons (Fsp3) is 0.0909. The lowest BCUT2D eigenvalue weighted by Crippen LogP contribution is -2.08. The second kappa shape index (κ2) is 9.55. The second-order valence-corrected chi connectivity index (χ2v) is 7.97. The molecule has 156 valence electrons. The van der Waals surface area contributed by atoms with Crippen LogP contribution in [-0.4, -0.2) is 21.1 Å². The molecule has 0 aliphatic heterocycles. The number of aromatic nitrogens is 3. The summed E-state index contributed by atoms with van der Waals surface area (Å²) >= 11 is 7.36. The number of carbonyl (C=O) groups excluding carboxylic acids is 1. The molecule has 0 bridgehead atoms. The SMILES string of the molecule is CC(=O)Nc1cc(COc2ccccc2-c2nnc(Nc3ccc(Cl)cc3)s2)ccn1. The van der Waals surface area contributed by atoms with Crippen LogP contribution in [0.2, 0.25) is 5.02 Å². The van der Waals surface area contributed by atoms with Crippen molar-refractivity contribution in [2.24, 2.45) is 0 Å². The van der Waals surface area contributed by atoms with Gasteiger partial charge in [0.05, 0.1) is 5.56 Å². The van der Waals surface area contributed by atoms with E-state index in [-0.39, 0.29) is 5.91 Å². The summed E-state index contributed by atoms with van der Waals surface area (Å²) in [4.78, 5) is 15.4. The Bertz CT molecular complexity index is 1200. The van der Waals surface area contributed by atoms with Crippen molar-refractivity contribution in [2.75, 3.05) is 10.6 Å².